The van der Waals surface area contributed by atoms with Gasteiger partial charge in [-0.05, 0) is 74.5 Å². The van der Waals surface area contributed by atoms with Crippen LogP contribution in [0.5, 0.6) is 0 Å². The van der Waals surface area contributed by atoms with Crippen LogP contribution in [0.1, 0.15) is 28.4 Å². The van der Waals surface area contributed by atoms with Crippen molar-refractivity contribution in [3.05, 3.63) is 107 Å². The molecule has 1 saturated heterocycles. The monoisotopic (exact) mass is 568 g/mol. The third-order valence-electron chi connectivity index (χ3n) is 6.66. The lowest BCUT2D eigenvalue weighted by atomic mass is 10.1. The number of nitrogens with one attached hydrogen (secondary N) is 1. The van der Waals surface area contributed by atoms with Gasteiger partial charge in [-0.1, -0.05) is 24.3 Å². The molecular weight excluding hydrogens is 529 g/mol. The van der Waals surface area contributed by atoms with Crippen molar-refractivity contribution in [1.29, 1.82) is 0 Å². The van der Waals surface area contributed by atoms with Crippen LogP contribution >= 0.6 is 0 Å². The van der Waals surface area contributed by atoms with Gasteiger partial charge < -0.3 is 15.3 Å². The van der Waals surface area contributed by atoms with Crippen molar-refractivity contribution < 1.29 is 23.1 Å². The maximum Gasteiger partial charge on any atom is 0.194 e. The Morgan fingerprint density at radius 3 is 2.20 bits per heavy atom. The number of fused-ring (bicyclic) bond motifs is 1. The van der Waals surface area contributed by atoms with Crippen molar-refractivity contribution in [3.63, 3.8) is 0 Å². The molecule has 9 heteroatoms. The molecule has 0 spiro atoms. The summed E-state index contributed by atoms with van der Waals surface area (Å²) in [5.74, 6) is -3.63. The van der Waals surface area contributed by atoms with Crippen LogP contribution in [0.4, 0.5) is 18.9 Å². The minimum Gasteiger partial charge on any atom is -0.400 e. The first kappa shape index (κ1) is 33.4. The highest BCUT2D eigenvalue weighted by atomic mass is 19.2. The van der Waals surface area contributed by atoms with E-state index in [-0.39, 0.29) is 0 Å². The second-order valence-electron chi connectivity index (χ2n) is 9.58. The van der Waals surface area contributed by atoms with Gasteiger partial charge in [0.15, 0.2) is 17.5 Å². The quantitative estimate of drug-likeness (QED) is 0.235. The van der Waals surface area contributed by atoms with Crippen molar-refractivity contribution in [2.45, 2.75) is 26.4 Å². The van der Waals surface area contributed by atoms with Gasteiger partial charge in [0.25, 0.3) is 0 Å². The van der Waals surface area contributed by atoms with Gasteiger partial charge >= 0.3 is 0 Å². The smallest absolute Gasteiger partial charge is 0.194 e. The average Bonchev–Trinajstić information content (AvgIpc) is 3.00. The summed E-state index contributed by atoms with van der Waals surface area (Å²) in [5.41, 5.74) is 4.55. The van der Waals surface area contributed by atoms with Crippen LogP contribution in [-0.4, -0.2) is 73.1 Å². The second kappa shape index (κ2) is 17.1. The molecule has 1 atom stereocenters. The molecule has 2 N–H and O–H groups in total. The molecule has 1 unspecified atom stereocenters. The third kappa shape index (κ3) is 10.3. The predicted octanol–water partition coefficient (Wildman–Crippen LogP) is 5.93. The van der Waals surface area contributed by atoms with Gasteiger partial charge in [-0.25, -0.2) is 13.2 Å². The van der Waals surface area contributed by atoms with Crippen LogP contribution < -0.4 is 5.32 Å². The third-order valence-corrected chi connectivity index (χ3v) is 6.66. The normalized spacial score (nSPS) is 14.9. The van der Waals surface area contributed by atoms with E-state index in [2.05, 4.69) is 65.3 Å². The van der Waals surface area contributed by atoms with Crippen molar-refractivity contribution in [1.82, 2.24) is 14.8 Å². The number of carbonyl (C=O) groups excluding carboxylic acids is 1. The lowest BCUT2D eigenvalue weighted by molar-refractivity contribution is 0.0998. The number of aliphatic hydroxyl groups excluding tert-OH is 1. The first-order chi connectivity index (χ1) is 19.7. The van der Waals surface area contributed by atoms with E-state index in [1.807, 2.05) is 31.4 Å². The molecule has 1 aliphatic heterocycles. The lowest BCUT2D eigenvalue weighted by Gasteiger charge is -2.37. The Morgan fingerprint density at radius 2 is 1.63 bits per heavy atom. The highest BCUT2D eigenvalue weighted by Gasteiger charge is 2.21. The molecule has 1 aliphatic rings. The van der Waals surface area contributed by atoms with Crippen molar-refractivity contribution >= 4 is 22.9 Å². The number of aliphatic hydroxyl groups is 1. The van der Waals surface area contributed by atoms with Gasteiger partial charge in [-0.3, -0.25) is 14.7 Å². The van der Waals surface area contributed by atoms with E-state index in [4.69, 9.17) is 5.11 Å². The largest absolute Gasteiger partial charge is 0.400 e. The van der Waals surface area contributed by atoms with Crippen molar-refractivity contribution in [3.8, 4) is 0 Å². The van der Waals surface area contributed by atoms with E-state index in [1.54, 1.807) is 12.1 Å². The number of pyridine rings is 1. The molecule has 1 aromatic heterocycles. The summed E-state index contributed by atoms with van der Waals surface area (Å²) in [6.07, 6.45) is 2.66. The molecule has 0 amide bonds. The number of piperazine rings is 1. The number of nitrogens with zero attached hydrogens (tertiary/aromatic N) is 3. The number of aryl methyl sites for hydroxylation is 1. The van der Waals surface area contributed by atoms with Gasteiger partial charge in [0.2, 0.25) is 0 Å². The predicted molar refractivity (Wildman–Crippen MR) is 160 cm³/mol. The van der Waals surface area contributed by atoms with Gasteiger partial charge in [0.1, 0.15) is 6.29 Å². The average molecular weight is 569 g/mol. The number of aldehydes is 1. The molecule has 4 aromatic rings. The van der Waals surface area contributed by atoms with Gasteiger partial charge in [-0.15, -0.1) is 0 Å². The molecule has 0 bridgehead atoms. The zero-order valence-electron chi connectivity index (χ0n) is 24.2. The molecule has 1 fully saturated rings. The lowest BCUT2D eigenvalue weighted by Crippen LogP contribution is -2.49. The summed E-state index contributed by atoms with van der Waals surface area (Å²) in [7, 11) is 4.90. The molecule has 5 rings (SSSR count). The van der Waals surface area contributed by atoms with Crippen molar-refractivity contribution in [2.75, 3.05) is 46.2 Å². The Morgan fingerprint density at radius 1 is 1.00 bits per heavy atom. The van der Waals surface area contributed by atoms with Gasteiger partial charge in [0, 0.05) is 69.2 Å². The van der Waals surface area contributed by atoms with E-state index in [9.17, 15) is 18.0 Å². The number of anilines is 1. The number of halogens is 3. The molecule has 3 aromatic carbocycles. The van der Waals surface area contributed by atoms with E-state index in [0.717, 1.165) is 56.4 Å². The number of rotatable bonds is 4. The van der Waals surface area contributed by atoms with Crippen LogP contribution in [0.3, 0.4) is 0 Å². The van der Waals surface area contributed by atoms with Crippen molar-refractivity contribution in [2.24, 2.45) is 0 Å². The van der Waals surface area contributed by atoms with Crippen LogP contribution in [0.2, 0.25) is 0 Å². The standard InChI is InChI=1S/C13H17F3N2.C10H9N.C8H9NO.CH4O/c1-9-7-18(4-3-17(9)2)8-10-5-11(14)13(16)12(15)6-10;1-8-4-2-5-9-6-3-7-11-10(8)9;1-9-8-4-2-7(6-10)3-5-8;1-2/h5-6,9H,3-4,7-8H2,1-2H3;2-7H,1H3;2-6,9H,1H3;2H,1H3. The van der Waals surface area contributed by atoms with Crippen LogP contribution in [0.15, 0.2) is 72.9 Å². The number of aromatic nitrogens is 1. The maximum atomic E-state index is 13.1. The van der Waals surface area contributed by atoms with E-state index >= 15 is 0 Å². The first-order valence-corrected chi connectivity index (χ1v) is 13.3. The van der Waals surface area contributed by atoms with E-state index in [1.165, 1.54) is 10.9 Å². The summed E-state index contributed by atoms with van der Waals surface area (Å²) in [4.78, 5) is 18.8. The summed E-state index contributed by atoms with van der Waals surface area (Å²) in [5, 5.41) is 11.2. The van der Waals surface area contributed by atoms with Crippen LogP contribution in [0.25, 0.3) is 10.9 Å². The molecule has 0 saturated carbocycles. The molecule has 0 aliphatic carbocycles. The van der Waals surface area contributed by atoms with E-state index in [0.29, 0.717) is 23.7 Å². The number of carbonyl (C=O) groups is 1. The zero-order chi connectivity index (χ0) is 30.4. The zero-order valence-corrected chi connectivity index (χ0v) is 24.2. The minimum atomic E-state index is -1.40. The molecule has 220 valence electrons. The van der Waals surface area contributed by atoms with Crippen LogP contribution in [0, 0.1) is 24.4 Å². The number of hydrogen-bond acceptors (Lipinski definition) is 6. The maximum absolute atomic E-state index is 13.1. The minimum absolute atomic E-state index is 0.411. The molecule has 0 radical (unpaired) electrons. The summed E-state index contributed by atoms with van der Waals surface area (Å²) < 4.78 is 39.0. The molecule has 6 nitrogen and oxygen atoms in total. The fourth-order valence-corrected chi connectivity index (χ4v) is 4.21. The Hall–Kier alpha value is -3.79. The molecule has 41 heavy (non-hydrogen) atoms. The highest BCUT2D eigenvalue weighted by Crippen LogP contribution is 2.17. The fraction of sp³-hybridized carbons (Fsp3) is 0.312. The Labute approximate surface area is 240 Å². The summed E-state index contributed by atoms with van der Waals surface area (Å²) in [6.45, 7) is 7.26. The van der Waals surface area contributed by atoms with Gasteiger partial charge in [0.05, 0.1) is 5.52 Å². The Balaban J connectivity index is 0.000000220. The second-order valence-corrected chi connectivity index (χ2v) is 9.58. The molecule has 2 heterocycles. The SMILES string of the molecule is CC1CN(Cc2cc(F)c(F)c(F)c2)CCN1C.CNc1ccc(C=O)cc1.CO.Cc1cccc2cccnc12. The molecular formula is C32H39F3N4O2. The number of hydrogen-bond donors (Lipinski definition) is 2. The summed E-state index contributed by atoms with van der Waals surface area (Å²) in [6, 6.07) is 20.1. The first-order valence-electron chi connectivity index (χ1n) is 13.3. The van der Waals surface area contributed by atoms with E-state index < -0.39 is 17.5 Å². The number of likely N-dealkylation sites (N-methyl/N-ethyl adjacent to an activating group) is 1. The number of para-hydroxylation sites is 1. The Bertz CT molecular complexity index is 1340. The Kier molecular flexibility index (Phi) is 14.0. The fourth-order valence-electron chi connectivity index (χ4n) is 4.21. The van der Waals surface area contributed by atoms with Crippen LogP contribution in [-0.2, 0) is 6.54 Å². The van der Waals surface area contributed by atoms with Gasteiger partial charge in [-0.2, -0.15) is 0 Å². The summed E-state index contributed by atoms with van der Waals surface area (Å²) >= 11 is 0. The number of benzene rings is 3. The highest BCUT2D eigenvalue weighted by molar-refractivity contribution is 5.81. The topological polar surface area (TPSA) is 68.7 Å².